The zero-order valence-corrected chi connectivity index (χ0v) is 11.2. The van der Waals surface area contributed by atoms with Crippen LogP contribution in [0.5, 0.6) is 5.75 Å². The van der Waals surface area contributed by atoms with E-state index in [0.29, 0.717) is 23.7 Å². The average Bonchev–Trinajstić information content (AvgIpc) is 2.81. The molecule has 1 amide bonds. The van der Waals surface area contributed by atoms with E-state index in [1.807, 2.05) is 0 Å². The summed E-state index contributed by atoms with van der Waals surface area (Å²) in [4.78, 5) is 12.0. The average molecular weight is 278 g/mol. The van der Waals surface area contributed by atoms with E-state index in [4.69, 9.17) is 9.26 Å². The number of nitrogens with zero attached hydrogens (tertiary/aromatic N) is 1. The molecule has 1 N–H and O–H groups in total. The monoisotopic (exact) mass is 278 g/mol. The summed E-state index contributed by atoms with van der Waals surface area (Å²) in [7, 11) is 0. The fourth-order valence-corrected chi connectivity index (χ4v) is 1.66. The second-order valence-corrected chi connectivity index (χ2v) is 4.28. The maximum Gasteiger partial charge on any atom is 0.266 e. The molecule has 1 aromatic heterocycles. The number of rotatable bonds is 5. The fourth-order valence-electron chi connectivity index (χ4n) is 1.66. The molecule has 0 saturated carbocycles. The predicted molar refractivity (Wildman–Crippen MR) is 71.0 cm³/mol. The summed E-state index contributed by atoms with van der Waals surface area (Å²) in [6.07, 6.45) is -0.284. The van der Waals surface area contributed by atoms with Gasteiger partial charge >= 0.3 is 0 Å². The number of benzene rings is 1. The van der Waals surface area contributed by atoms with Crippen LogP contribution < -0.4 is 10.1 Å². The van der Waals surface area contributed by atoms with Crippen LogP contribution in [0.2, 0.25) is 0 Å². The van der Waals surface area contributed by atoms with Crippen LogP contribution in [0.15, 0.2) is 34.9 Å². The van der Waals surface area contributed by atoms with E-state index in [0.717, 1.165) is 0 Å². The van der Waals surface area contributed by atoms with Gasteiger partial charge in [-0.3, -0.25) is 4.79 Å². The molecule has 0 fully saturated rings. The van der Waals surface area contributed by atoms with Gasteiger partial charge in [0.25, 0.3) is 5.91 Å². The van der Waals surface area contributed by atoms with Crippen molar-refractivity contribution in [2.75, 3.05) is 5.32 Å². The van der Waals surface area contributed by atoms with Gasteiger partial charge in [-0.15, -0.1) is 0 Å². The number of aromatic nitrogens is 1. The summed E-state index contributed by atoms with van der Waals surface area (Å²) in [5.41, 5.74) is 0. The number of anilines is 1. The highest BCUT2D eigenvalue weighted by Crippen LogP contribution is 2.16. The molecule has 0 bridgehead atoms. The highest BCUT2D eigenvalue weighted by Gasteiger charge is 2.19. The van der Waals surface area contributed by atoms with Crippen LogP contribution in [0.1, 0.15) is 19.1 Å². The minimum atomic E-state index is -0.728. The molecule has 2 rings (SSSR count). The summed E-state index contributed by atoms with van der Waals surface area (Å²) >= 11 is 0. The van der Waals surface area contributed by atoms with Crippen LogP contribution in [0.4, 0.5) is 10.2 Å². The van der Waals surface area contributed by atoms with Crippen LogP contribution in [0, 0.1) is 12.7 Å². The van der Waals surface area contributed by atoms with Gasteiger partial charge in [0.15, 0.2) is 11.9 Å². The first-order valence-corrected chi connectivity index (χ1v) is 6.25. The summed E-state index contributed by atoms with van der Waals surface area (Å²) in [5, 5.41) is 6.26. The van der Waals surface area contributed by atoms with E-state index < -0.39 is 11.9 Å². The molecule has 1 atom stereocenters. The maximum atomic E-state index is 13.1. The molecule has 20 heavy (non-hydrogen) atoms. The molecular formula is C14H15FN2O3. The number of aryl methyl sites for hydroxylation is 1. The summed E-state index contributed by atoms with van der Waals surface area (Å²) in [6.45, 7) is 3.53. The maximum absolute atomic E-state index is 13.1. The quantitative estimate of drug-likeness (QED) is 0.913. The Kier molecular flexibility index (Phi) is 4.34. The smallest absolute Gasteiger partial charge is 0.266 e. The number of carbonyl (C=O) groups excluding carboxylic acids is 1. The number of halogens is 1. The van der Waals surface area contributed by atoms with Gasteiger partial charge in [-0.2, -0.15) is 0 Å². The van der Waals surface area contributed by atoms with E-state index >= 15 is 0 Å². The van der Waals surface area contributed by atoms with E-state index in [2.05, 4.69) is 10.5 Å². The summed E-state index contributed by atoms with van der Waals surface area (Å²) in [6, 6.07) is 7.27. The summed E-state index contributed by atoms with van der Waals surface area (Å²) in [5.74, 6) is 0.464. The van der Waals surface area contributed by atoms with Gasteiger partial charge in [-0.25, -0.2) is 4.39 Å². The first-order valence-electron chi connectivity index (χ1n) is 6.25. The fraction of sp³-hybridized carbons (Fsp3) is 0.286. The number of hydrogen-bond donors (Lipinski definition) is 1. The normalized spacial score (nSPS) is 11.9. The third-order valence-electron chi connectivity index (χ3n) is 2.62. The summed E-state index contributed by atoms with van der Waals surface area (Å²) < 4.78 is 23.4. The highest BCUT2D eigenvalue weighted by molar-refractivity contribution is 5.93. The minimum absolute atomic E-state index is 0.309. The SMILES string of the molecule is CC[C@@H](Oc1cccc(F)c1)C(=O)Nc1cc(C)on1. The Balaban J connectivity index is 2.02. The molecule has 0 aliphatic rings. The van der Waals surface area contributed by atoms with Gasteiger partial charge in [0.2, 0.25) is 0 Å². The van der Waals surface area contributed by atoms with Crippen LogP contribution in [-0.2, 0) is 4.79 Å². The van der Waals surface area contributed by atoms with Crippen LogP contribution in [0.25, 0.3) is 0 Å². The largest absolute Gasteiger partial charge is 0.481 e. The van der Waals surface area contributed by atoms with Crippen LogP contribution in [-0.4, -0.2) is 17.2 Å². The Labute approximate surface area is 115 Å². The van der Waals surface area contributed by atoms with Crippen molar-refractivity contribution in [3.8, 4) is 5.75 Å². The molecule has 0 aliphatic carbocycles. The number of nitrogens with one attached hydrogen (secondary N) is 1. The predicted octanol–water partition coefficient (Wildman–Crippen LogP) is 2.92. The van der Waals surface area contributed by atoms with Crippen LogP contribution >= 0.6 is 0 Å². The van der Waals surface area contributed by atoms with Crippen molar-refractivity contribution < 1.29 is 18.4 Å². The van der Waals surface area contributed by atoms with Gasteiger partial charge in [0.05, 0.1) is 0 Å². The Morgan fingerprint density at radius 1 is 1.50 bits per heavy atom. The van der Waals surface area contributed by atoms with Crippen molar-refractivity contribution in [1.82, 2.24) is 5.16 Å². The van der Waals surface area contributed by atoms with E-state index in [9.17, 15) is 9.18 Å². The van der Waals surface area contributed by atoms with Gasteiger partial charge in [0, 0.05) is 12.1 Å². The Bertz CT molecular complexity index is 598. The van der Waals surface area contributed by atoms with Crippen molar-refractivity contribution >= 4 is 11.7 Å². The second kappa shape index (κ2) is 6.18. The zero-order valence-electron chi connectivity index (χ0n) is 11.2. The van der Waals surface area contributed by atoms with Gasteiger partial charge in [-0.1, -0.05) is 18.1 Å². The van der Waals surface area contributed by atoms with Gasteiger partial charge in [-0.05, 0) is 25.5 Å². The number of carbonyl (C=O) groups is 1. The lowest BCUT2D eigenvalue weighted by Gasteiger charge is -2.16. The number of amides is 1. The van der Waals surface area contributed by atoms with Crippen molar-refractivity contribution in [3.63, 3.8) is 0 Å². The topological polar surface area (TPSA) is 64.4 Å². The van der Waals surface area contributed by atoms with E-state index in [-0.39, 0.29) is 5.91 Å². The molecule has 1 heterocycles. The third-order valence-corrected chi connectivity index (χ3v) is 2.62. The Hall–Kier alpha value is -2.37. The highest BCUT2D eigenvalue weighted by atomic mass is 19.1. The lowest BCUT2D eigenvalue weighted by Crippen LogP contribution is -2.32. The van der Waals surface area contributed by atoms with E-state index in [1.54, 1.807) is 26.0 Å². The molecule has 2 aromatic rings. The lowest BCUT2D eigenvalue weighted by molar-refractivity contribution is -0.122. The molecular weight excluding hydrogens is 263 g/mol. The number of ether oxygens (including phenoxy) is 1. The molecule has 1 aromatic carbocycles. The van der Waals surface area contributed by atoms with Crippen molar-refractivity contribution in [2.24, 2.45) is 0 Å². The van der Waals surface area contributed by atoms with Crippen molar-refractivity contribution in [3.05, 3.63) is 41.9 Å². The standard InChI is InChI=1S/C14H15FN2O3/c1-3-12(19-11-6-4-5-10(15)8-11)14(18)16-13-7-9(2)20-17-13/h4-8,12H,3H2,1-2H3,(H,16,17,18)/t12-/m1/s1. The molecule has 0 spiro atoms. The molecule has 106 valence electrons. The third kappa shape index (κ3) is 3.57. The molecule has 6 heteroatoms. The van der Waals surface area contributed by atoms with Crippen molar-refractivity contribution in [2.45, 2.75) is 26.4 Å². The Morgan fingerprint density at radius 3 is 2.90 bits per heavy atom. The van der Waals surface area contributed by atoms with E-state index in [1.165, 1.54) is 18.2 Å². The number of hydrogen-bond acceptors (Lipinski definition) is 4. The zero-order chi connectivity index (χ0) is 14.5. The van der Waals surface area contributed by atoms with Crippen molar-refractivity contribution in [1.29, 1.82) is 0 Å². The molecule has 0 saturated heterocycles. The van der Waals surface area contributed by atoms with Gasteiger partial charge in [0.1, 0.15) is 17.3 Å². The second-order valence-electron chi connectivity index (χ2n) is 4.28. The van der Waals surface area contributed by atoms with Crippen LogP contribution in [0.3, 0.4) is 0 Å². The first kappa shape index (κ1) is 14.0. The first-order chi connectivity index (χ1) is 9.58. The minimum Gasteiger partial charge on any atom is -0.481 e. The lowest BCUT2D eigenvalue weighted by atomic mass is 10.2. The Morgan fingerprint density at radius 2 is 2.30 bits per heavy atom. The van der Waals surface area contributed by atoms with Gasteiger partial charge < -0.3 is 14.6 Å². The molecule has 0 aliphatic heterocycles. The molecule has 0 radical (unpaired) electrons. The molecule has 0 unspecified atom stereocenters. The molecule has 5 nitrogen and oxygen atoms in total.